The molecule has 0 aliphatic carbocycles. The summed E-state index contributed by atoms with van der Waals surface area (Å²) in [6, 6.07) is 10.2. The van der Waals surface area contributed by atoms with E-state index in [0.717, 1.165) is 33.8 Å². The first kappa shape index (κ1) is 13.7. The summed E-state index contributed by atoms with van der Waals surface area (Å²) < 4.78 is 6.32. The zero-order valence-corrected chi connectivity index (χ0v) is 12.5. The average Bonchev–Trinajstić information content (AvgIpc) is 2.80. The monoisotopic (exact) mass is 327 g/mol. The van der Waals surface area contributed by atoms with Gasteiger partial charge in [0.15, 0.2) is 0 Å². The zero-order valence-electron chi connectivity index (χ0n) is 10.1. The van der Waals surface area contributed by atoms with Gasteiger partial charge in [0.05, 0.1) is 6.26 Å². The van der Waals surface area contributed by atoms with Crippen LogP contribution in [-0.2, 0) is 13.0 Å². The Morgan fingerprint density at radius 2 is 2.22 bits per heavy atom. The number of rotatable bonds is 5. The molecule has 4 heteroatoms. The summed E-state index contributed by atoms with van der Waals surface area (Å²) in [5, 5.41) is 4.22. The lowest BCUT2D eigenvalue weighted by Gasteiger charge is -2.13. The first-order chi connectivity index (χ1) is 8.65. The summed E-state index contributed by atoms with van der Waals surface area (Å²) >= 11 is 9.57. The number of hydrogen-bond donors (Lipinski definition) is 1. The van der Waals surface area contributed by atoms with E-state index in [-0.39, 0.29) is 0 Å². The summed E-state index contributed by atoms with van der Waals surface area (Å²) in [5.74, 6) is 0.997. The molecule has 1 N–H and O–H groups in total. The highest BCUT2D eigenvalue weighted by atomic mass is 79.9. The van der Waals surface area contributed by atoms with Gasteiger partial charge in [0.2, 0.25) is 0 Å². The lowest BCUT2D eigenvalue weighted by molar-refractivity contribution is 0.456. The Morgan fingerprint density at radius 3 is 2.89 bits per heavy atom. The Balaban J connectivity index is 1.87. The van der Waals surface area contributed by atoms with Gasteiger partial charge in [-0.15, -0.1) is 0 Å². The second-order valence-electron chi connectivity index (χ2n) is 4.30. The van der Waals surface area contributed by atoms with E-state index in [4.69, 9.17) is 16.0 Å². The topological polar surface area (TPSA) is 25.2 Å². The van der Waals surface area contributed by atoms with Crippen molar-refractivity contribution in [2.24, 2.45) is 0 Å². The minimum Gasteiger partial charge on any atom is -0.469 e. The SMILES string of the molecule is CC(Cc1ccco1)NCc1ccc(Br)cc1Cl. The molecule has 0 radical (unpaired) electrons. The van der Waals surface area contributed by atoms with Crippen LogP contribution in [0.2, 0.25) is 5.02 Å². The molecule has 0 saturated heterocycles. The fourth-order valence-electron chi connectivity index (χ4n) is 1.75. The van der Waals surface area contributed by atoms with E-state index in [0.29, 0.717) is 6.04 Å². The Labute approximate surface area is 120 Å². The van der Waals surface area contributed by atoms with Gasteiger partial charge >= 0.3 is 0 Å². The summed E-state index contributed by atoms with van der Waals surface area (Å²) in [6.45, 7) is 2.89. The number of benzene rings is 1. The van der Waals surface area contributed by atoms with Gasteiger partial charge in [-0.2, -0.15) is 0 Å². The third kappa shape index (κ3) is 3.87. The van der Waals surface area contributed by atoms with E-state index in [2.05, 4.69) is 28.2 Å². The number of halogens is 2. The van der Waals surface area contributed by atoms with Gasteiger partial charge in [-0.25, -0.2) is 0 Å². The van der Waals surface area contributed by atoms with Crippen LogP contribution in [0.15, 0.2) is 45.5 Å². The van der Waals surface area contributed by atoms with Crippen molar-refractivity contribution in [3.63, 3.8) is 0 Å². The van der Waals surface area contributed by atoms with E-state index in [1.54, 1.807) is 6.26 Å². The highest BCUT2D eigenvalue weighted by Gasteiger charge is 2.07. The molecule has 0 bridgehead atoms. The van der Waals surface area contributed by atoms with Crippen LogP contribution in [0.5, 0.6) is 0 Å². The van der Waals surface area contributed by atoms with Crippen LogP contribution in [0.4, 0.5) is 0 Å². The summed E-state index contributed by atoms with van der Waals surface area (Å²) in [7, 11) is 0. The predicted octanol–water partition coefficient (Wildman–Crippen LogP) is 4.42. The molecule has 1 aromatic carbocycles. The van der Waals surface area contributed by atoms with Crippen LogP contribution in [-0.4, -0.2) is 6.04 Å². The van der Waals surface area contributed by atoms with E-state index in [1.165, 1.54) is 0 Å². The highest BCUT2D eigenvalue weighted by molar-refractivity contribution is 9.10. The van der Waals surface area contributed by atoms with Gasteiger partial charge < -0.3 is 9.73 Å². The summed E-state index contributed by atoms with van der Waals surface area (Å²) in [4.78, 5) is 0. The van der Waals surface area contributed by atoms with Crippen molar-refractivity contribution in [2.45, 2.75) is 25.9 Å². The molecule has 1 aromatic heterocycles. The third-order valence-corrected chi connectivity index (χ3v) is 3.59. The van der Waals surface area contributed by atoms with E-state index in [9.17, 15) is 0 Å². The van der Waals surface area contributed by atoms with Crippen LogP contribution in [0.1, 0.15) is 18.2 Å². The fraction of sp³-hybridized carbons (Fsp3) is 0.286. The third-order valence-electron chi connectivity index (χ3n) is 2.74. The molecule has 2 nitrogen and oxygen atoms in total. The number of nitrogens with one attached hydrogen (secondary N) is 1. The summed E-state index contributed by atoms with van der Waals surface area (Å²) in [6.07, 6.45) is 2.58. The largest absolute Gasteiger partial charge is 0.469 e. The second-order valence-corrected chi connectivity index (χ2v) is 5.62. The Bertz CT molecular complexity index is 499. The molecule has 2 aromatic rings. The molecule has 0 amide bonds. The maximum Gasteiger partial charge on any atom is 0.105 e. The Kier molecular flexibility index (Phi) is 4.87. The van der Waals surface area contributed by atoms with Gasteiger partial charge in [0.25, 0.3) is 0 Å². The fourth-order valence-corrected chi connectivity index (χ4v) is 2.49. The van der Waals surface area contributed by atoms with Crippen LogP contribution in [0.3, 0.4) is 0 Å². The maximum absolute atomic E-state index is 6.17. The molecule has 96 valence electrons. The number of furan rings is 1. The first-order valence-corrected chi connectivity index (χ1v) is 7.02. The van der Waals surface area contributed by atoms with Gasteiger partial charge in [0.1, 0.15) is 5.76 Å². The van der Waals surface area contributed by atoms with Gasteiger partial charge in [-0.05, 0) is 36.8 Å². The van der Waals surface area contributed by atoms with Crippen molar-refractivity contribution < 1.29 is 4.42 Å². The molecule has 0 fully saturated rings. The Hall–Kier alpha value is -0.770. The van der Waals surface area contributed by atoms with Crippen molar-refractivity contribution in [1.82, 2.24) is 5.32 Å². The standard InChI is InChI=1S/C14H15BrClNO/c1-10(7-13-3-2-6-18-13)17-9-11-4-5-12(15)8-14(11)16/h2-6,8,10,17H,7,9H2,1H3. The maximum atomic E-state index is 6.17. The molecule has 0 spiro atoms. The molecule has 2 rings (SSSR count). The van der Waals surface area contributed by atoms with Crippen molar-refractivity contribution in [1.29, 1.82) is 0 Å². The normalized spacial score (nSPS) is 12.6. The average molecular weight is 329 g/mol. The minimum absolute atomic E-state index is 0.343. The van der Waals surface area contributed by atoms with Gasteiger partial charge in [0, 0.05) is 28.5 Å². The molecule has 1 unspecified atom stereocenters. The van der Waals surface area contributed by atoms with Crippen LogP contribution in [0.25, 0.3) is 0 Å². The number of hydrogen-bond acceptors (Lipinski definition) is 2. The van der Waals surface area contributed by atoms with Gasteiger partial charge in [-0.1, -0.05) is 33.6 Å². The predicted molar refractivity (Wildman–Crippen MR) is 77.9 cm³/mol. The van der Waals surface area contributed by atoms with Crippen molar-refractivity contribution in [3.05, 3.63) is 57.4 Å². The van der Waals surface area contributed by atoms with E-state index < -0.39 is 0 Å². The highest BCUT2D eigenvalue weighted by Crippen LogP contribution is 2.21. The van der Waals surface area contributed by atoms with Crippen molar-refractivity contribution >= 4 is 27.5 Å². The van der Waals surface area contributed by atoms with E-state index >= 15 is 0 Å². The molecular formula is C14H15BrClNO. The molecule has 0 aliphatic rings. The van der Waals surface area contributed by atoms with E-state index in [1.807, 2.05) is 30.3 Å². The zero-order chi connectivity index (χ0) is 13.0. The quantitative estimate of drug-likeness (QED) is 0.879. The molecule has 1 heterocycles. The Morgan fingerprint density at radius 1 is 1.39 bits per heavy atom. The van der Waals surface area contributed by atoms with Gasteiger partial charge in [-0.3, -0.25) is 0 Å². The molecular weight excluding hydrogens is 314 g/mol. The van der Waals surface area contributed by atoms with Crippen LogP contribution < -0.4 is 5.32 Å². The minimum atomic E-state index is 0.343. The molecule has 0 aliphatic heterocycles. The lowest BCUT2D eigenvalue weighted by atomic mass is 10.1. The molecule has 18 heavy (non-hydrogen) atoms. The summed E-state index contributed by atoms with van der Waals surface area (Å²) in [5.41, 5.74) is 1.10. The van der Waals surface area contributed by atoms with Crippen LogP contribution in [0, 0.1) is 0 Å². The van der Waals surface area contributed by atoms with Crippen LogP contribution >= 0.6 is 27.5 Å². The first-order valence-electron chi connectivity index (χ1n) is 5.85. The molecule has 1 atom stereocenters. The van der Waals surface area contributed by atoms with Crippen molar-refractivity contribution in [3.8, 4) is 0 Å². The van der Waals surface area contributed by atoms with Crippen molar-refractivity contribution in [2.75, 3.05) is 0 Å². The molecule has 0 saturated carbocycles. The second kappa shape index (κ2) is 6.41. The lowest BCUT2D eigenvalue weighted by Crippen LogP contribution is -2.27. The smallest absolute Gasteiger partial charge is 0.105 e.